The lowest BCUT2D eigenvalue weighted by atomic mass is 9.94. The number of nitrogens with zero attached hydrogens (tertiary/aromatic N) is 3. The number of ether oxygens (including phenoxy) is 2. The number of aromatic nitrogens is 1. The number of pyridine rings is 1. The highest BCUT2D eigenvalue weighted by Crippen LogP contribution is 2.25. The van der Waals surface area contributed by atoms with Crippen LogP contribution in [0.3, 0.4) is 0 Å². The Morgan fingerprint density at radius 3 is 2.76 bits per heavy atom. The number of hydrogen-bond donors (Lipinski definition) is 0. The van der Waals surface area contributed by atoms with Crippen LogP contribution in [0.2, 0.25) is 0 Å². The third kappa shape index (κ3) is 5.14. The molecule has 0 spiro atoms. The Morgan fingerprint density at radius 2 is 2.03 bits per heavy atom. The molecule has 3 fully saturated rings. The highest BCUT2D eigenvalue weighted by Gasteiger charge is 2.37. The van der Waals surface area contributed by atoms with E-state index in [4.69, 9.17) is 9.47 Å². The Kier molecular flexibility index (Phi) is 6.77. The molecule has 2 aliphatic heterocycles. The van der Waals surface area contributed by atoms with E-state index in [9.17, 15) is 9.59 Å². The van der Waals surface area contributed by atoms with Gasteiger partial charge in [0.15, 0.2) is 0 Å². The lowest BCUT2D eigenvalue weighted by Crippen LogP contribution is -2.46. The average molecular weight is 402 g/mol. The number of amides is 2. The Labute approximate surface area is 172 Å². The molecule has 1 aromatic heterocycles. The van der Waals surface area contributed by atoms with Gasteiger partial charge < -0.3 is 19.3 Å². The number of carbonyl (C=O) groups is 2. The summed E-state index contributed by atoms with van der Waals surface area (Å²) < 4.78 is 11.8. The van der Waals surface area contributed by atoms with Gasteiger partial charge in [0.25, 0.3) is 5.91 Å². The number of rotatable bonds is 5. The summed E-state index contributed by atoms with van der Waals surface area (Å²) >= 11 is 0. The second-order valence-electron chi connectivity index (χ2n) is 8.35. The van der Waals surface area contributed by atoms with Gasteiger partial charge in [-0.05, 0) is 37.3 Å². The van der Waals surface area contributed by atoms with Crippen LogP contribution in [0.25, 0.3) is 0 Å². The van der Waals surface area contributed by atoms with Crippen LogP contribution >= 0.6 is 0 Å². The van der Waals surface area contributed by atoms with Crippen LogP contribution in [-0.2, 0) is 25.7 Å². The molecule has 3 aliphatic rings. The molecular formula is C22H31N3O4. The van der Waals surface area contributed by atoms with Gasteiger partial charge in [-0.15, -0.1) is 0 Å². The van der Waals surface area contributed by atoms with Crippen molar-refractivity contribution in [3.8, 4) is 0 Å². The fourth-order valence-corrected chi connectivity index (χ4v) is 4.64. The van der Waals surface area contributed by atoms with Crippen LogP contribution in [0.1, 0.15) is 50.5 Å². The van der Waals surface area contributed by atoms with E-state index in [2.05, 4.69) is 4.98 Å². The van der Waals surface area contributed by atoms with Gasteiger partial charge in [0.1, 0.15) is 6.10 Å². The van der Waals surface area contributed by atoms with Crippen molar-refractivity contribution in [1.82, 2.24) is 14.8 Å². The van der Waals surface area contributed by atoms with Gasteiger partial charge in [-0.1, -0.05) is 25.3 Å². The lowest BCUT2D eigenvalue weighted by molar-refractivity contribution is -0.146. The maximum Gasteiger partial charge on any atom is 0.252 e. The molecule has 3 heterocycles. The summed E-state index contributed by atoms with van der Waals surface area (Å²) in [4.78, 5) is 33.8. The highest BCUT2D eigenvalue weighted by atomic mass is 16.5. The van der Waals surface area contributed by atoms with E-state index in [1.807, 2.05) is 17.0 Å². The van der Waals surface area contributed by atoms with Gasteiger partial charge in [0.2, 0.25) is 5.91 Å². The summed E-state index contributed by atoms with van der Waals surface area (Å²) in [5.74, 6) is -0.0351. The topological polar surface area (TPSA) is 72.0 Å². The van der Waals surface area contributed by atoms with Gasteiger partial charge in [0.05, 0.1) is 19.3 Å². The maximum atomic E-state index is 13.1. The summed E-state index contributed by atoms with van der Waals surface area (Å²) in [6, 6.07) is 4.12. The summed E-state index contributed by atoms with van der Waals surface area (Å²) in [5.41, 5.74) is 0.990. The minimum absolute atomic E-state index is 0.0377. The predicted octanol–water partition coefficient (Wildman–Crippen LogP) is 2.15. The molecule has 0 bridgehead atoms. The molecule has 29 heavy (non-hydrogen) atoms. The number of hydrogen-bond acceptors (Lipinski definition) is 5. The van der Waals surface area contributed by atoms with E-state index in [0.717, 1.165) is 44.1 Å². The minimum atomic E-state index is -0.414. The van der Waals surface area contributed by atoms with Crippen molar-refractivity contribution in [1.29, 1.82) is 0 Å². The molecule has 1 saturated carbocycles. The largest absolute Gasteiger partial charge is 0.370 e. The van der Waals surface area contributed by atoms with Crippen LogP contribution in [0.5, 0.6) is 0 Å². The summed E-state index contributed by atoms with van der Waals surface area (Å²) in [6.45, 7) is 2.13. The Balaban J connectivity index is 1.48. The molecule has 2 amide bonds. The van der Waals surface area contributed by atoms with Crippen LogP contribution < -0.4 is 0 Å². The Hall–Kier alpha value is -1.99. The maximum absolute atomic E-state index is 13.1. The summed E-state index contributed by atoms with van der Waals surface area (Å²) in [6.07, 6.45) is 10.2. The molecule has 7 nitrogen and oxygen atoms in total. The smallest absolute Gasteiger partial charge is 0.252 e. The first kappa shape index (κ1) is 20.3. The molecule has 0 aromatic carbocycles. The molecule has 4 rings (SSSR count). The minimum Gasteiger partial charge on any atom is -0.370 e. The molecular weight excluding hydrogens is 370 g/mol. The van der Waals surface area contributed by atoms with Crippen molar-refractivity contribution in [2.24, 2.45) is 0 Å². The number of carbonyl (C=O) groups excluding carboxylic acids is 2. The van der Waals surface area contributed by atoms with Crippen molar-refractivity contribution in [2.45, 2.75) is 69.8 Å². The van der Waals surface area contributed by atoms with Crippen LogP contribution in [0, 0.1) is 0 Å². The zero-order valence-corrected chi connectivity index (χ0v) is 17.0. The molecule has 7 heteroatoms. The standard InChI is InChI=1S/C22H31N3O4/c26-21-15-24(22(27)20-9-5-11-28-20)13-19(29-16-17-6-4-10-23-12-17)14-25(21)18-7-2-1-3-8-18/h4,6,10,12,18-20H,1-3,5,7-9,11,13-16H2/t19-,20+/m1/s1. The molecule has 2 saturated heterocycles. The van der Waals surface area contributed by atoms with Crippen LogP contribution in [0.15, 0.2) is 24.5 Å². The monoisotopic (exact) mass is 401 g/mol. The van der Waals surface area contributed by atoms with Crippen LogP contribution in [-0.4, -0.2) is 71.1 Å². The second kappa shape index (κ2) is 9.67. The molecule has 0 N–H and O–H groups in total. The van der Waals surface area contributed by atoms with E-state index in [-0.39, 0.29) is 30.5 Å². The third-order valence-electron chi connectivity index (χ3n) is 6.21. The molecule has 1 aliphatic carbocycles. The zero-order valence-electron chi connectivity index (χ0n) is 17.0. The fourth-order valence-electron chi connectivity index (χ4n) is 4.64. The zero-order chi connectivity index (χ0) is 20.1. The Morgan fingerprint density at radius 1 is 1.17 bits per heavy atom. The van der Waals surface area contributed by atoms with Crippen molar-refractivity contribution in [2.75, 3.05) is 26.2 Å². The lowest BCUT2D eigenvalue weighted by Gasteiger charge is -2.34. The molecule has 158 valence electrons. The first-order valence-corrected chi connectivity index (χ1v) is 10.9. The predicted molar refractivity (Wildman–Crippen MR) is 107 cm³/mol. The first-order valence-electron chi connectivity index (χ1n) is 10.9. The molecule has 1 aromatic rings. The van der Waals surface area contributed by atoms with Crippen molar-refractivity contribution < 1.29 is 19.1 Å². The summed E-state index contributed by atoms with van der Waals surface area (Å²) in [7, 11) is 0. The van der Waals surface area contributed by atoms with Gasteiger partial charge in [-0.2, -0.15) is 0 Å². The quantitative estimate of drug-likeness (QED) is 0.756. The third-order valence-corrected chi connectivity index (χ3v) is 6.21. The molecule has 0 radical (unpaired) electrons. The fraction of sp³-hybridized carbons (Fsp3) is 0.682. The first-order chi connectivity index (χ1) is 14.2. The average Bonchev–Trinajstić information content (AvgIpc) is 3.24. The molecule has 2 atom stereocenters. The van der Waals surface area contributed by atoms with Gasteiger partial charge in [-0.3, -0.25) is 14.6 Å². The van der Waals surface area contributed by atoms with E-state index >= 15 is 0 Å². The van der Waals surface area contributed by atoms with Crippen molar-refractivity contribution in [3.05, 3.63) is 30.1 Å². The van der Waals surface area contributed by atoms with Crippen LogP contribution in [0.4, 0.5) is 0 Å². The second-order valence-corrected chi connectivity index (χ2v) is 8.35. The van der Waals surface area contributed by atoms with E-state index in [0.29, 0.717) is 26.3 Å². The van der Waals surface area contributed by atoms with E-state index in [1.165, 1.54) is 6.42 Å². The van der Waals surface area contributed by atoms with Gasteiger partial charge in [0, 0.05) is 38.1 Å². The Bertz CT molecular complexity index is 687. The molecule has 0 unspecified atom stereocenters. The van der Waals surface area contributed by atoms with E-state index < -0.39 is 6.10 Å². The van der Waals surface area contributed by atoms with Gasteiger partial charge in [-0.25, -0.2) is 0 Å². The normalized spacial score (nSPS) is 26.6. The van der Waals surface area contributed by atoms with E-state index in [1.54, 1.807) is 17.3 Å². The summed E-state index contributed by atoms with van der Waals surface area (Å²) in [5, 5.41) is 0. The highest BCUT2D eigenvalue weighted by molar-refractivity contribution is 5.87. The van der Waals surface area contributed by atoms with Crippen molar-refractivity contribution in [3.63, 3.8) is 0 Å². The SMILES string of the molecule is O=C([C@@H]1CCCO1)N1CC(=O)N(C2CCCCC2)C[C@H](OCc2cccnc2)C1. The van der Waals surface area contributed by atoms with Crippen molar-refractivity contribution >= 4 is 11.8 Å². The van der Waals surface area contributed by atoms with Gasteiger partial charge >= 0.3 is 0 Å².